The Morgan fingerprint density at radius 1 is 1.36 bits per heavy atom. The standard InChI is InChI=1S/C12H24N2/c1-10(2)9-12(14-13)11-7-5-3-4-6-8-11/h7,10,12,14H,3-6,8-9,13H2,1-2H3. The van der Waals surface area contributed by atoms with Crippen molar-refractivity contribution in [3.05, 3.63) is 11.6 Å². The zero-order valence-corrected chi connectivity index (χ0v) is 9.55. The number of hydrazine groups is 1. The molecule has 0 fully saturated rings. The molecule has 1 atom stereocenters. The van der Waals surface area contributed by atoms with Crippen LogP contribution in [-0.4, -0.2) is 6.04 Å². The van der Waals surface area contributed by atoms with Gasteiger partial charge in [-0.15, -0.1) is 0 Å². The topological polar surface area (TPSA) is 38.0 Å². The lowest BCUT2D eigenvalue weighted by Crippen LogP contribution is -2.37. The van der Waals surface area contributed by atoms with E-state index in [4.69, 9.17) is 5.84 Å². The van der Waals surface area contributed by atoms with Crippen molar-refractivity contribution in [3.63, 3.8) is 0 Å². The Hall–Kier alpha value is -0.340. The summed E-state index contributed by atoms with van der Waals surface area (Å²) in [4.78, 5) is 0. The highest BCUT2D eigenvalue weighted by Crippen LogP contribution is 2.22. The number of nitrogens with two attached hydrogens (primary N) is 1. The quantitative estimate of drug-likeness (QED) is 0.412. The van der Waals surface area contributed by atoms with E-state index in [-0.39, 0.29) is 0 Å². The highest BCUT2D eigenvalue weighted by atomic mass is 15.2. The first-order chi connectivity index (χ1) is 6.74. The molecule has 0 aromatic carbocycles. The molecule has 14 heavy (non-hydrogen) atoms. The van der Waals surface area contributed by atoms with Gasteiger partial charge in [0.05, 0.1) is 0 Å². The third-order valence-electron chi connectivity index (χ3n) is 2.93. The molecule has 3 N–H and O–H groups in total. The minimum atomic E-state index is 0.410. The smallest absolute Gasteiger partial charge is 0.0422 e. The van der Waals surface area contributed by atoms with Crippen LogP contribution in [0.1, 0.15) is 52.4 Å². The van der Waals surface area contributed by atoms with Crippen molar-refractivity contribution in [2.75, 3.05) is 0 Å². The van der Waals surface area contributed by atoms with Gasteiger partial charge < -0.3 is 0 Å². The largest absolute Gasteiger partial charge is 0.271 e. The minimum absolute atomic E-state index is 0.410. The predicted octanol–water partition coefficient (Wildman–Crippen LogP) is 2.75. The normalized spacial score (nSPS) is 20.4. The van der Waals surface area contributed by atoms with Crippen LogP contribution in [0.25, 0.3) is 0 Å². The molecule has 82 valence electrons. The van der Waals surface area contributed by atoms with Gasteiger partial charge in [-0.25, -0.2) is 0 Å². The van der Waals surface area contributed by atoms with Crippen molar-refractivity contribution >= 4 is 0 Å². The molecule has 0 radical (unpaired) electrons. The van der Waals surface area contributed by atoms with E-state index in [9.17, 15) is 0 Å². The van der Waals surface area contributed by atoms with E-state index in [1.165, 1.54) is 32.1 Å². The molecular weight excluding hydrogens is 172 g/mol. The summed E-state index contributed by atoms with van der Waals surface area (Å²) in [5.74, 6) is 6.32. The van der Waals surface area contributed by atoms with Gasteiger partial charge in [-0.1, -0.05) is 31.9 Å². The molecule has 0 amide bonds. The number of hydrogen-bond donors (Lipinski definition) is 2. The predicted molar refractivity (Wildman–Crippen MR) is 61.7 cm³/mol. The van der Waals surface area contributed by atoms with Crippen molar-refractivity contribution < 1.29 is 0 Å². The first-order valence-corrected chi connectivity index (χ1v) is 5.89. The molecule has 0 spiro atoms. The van der Waals surface area contributed by atoms with Gasteiger partial charge in [-0.2, -0.15) is 0 Å². The summed E-state index contributed by atoms with van der Waals surface area (Å²) in [5, 5.41) is 0. The molecule has 2 heteroatoms. The highest BCUT2D eigenvalue weighted by Gasteiger charge is 2.15. The molecule has 0 saturated heterocycles. The second-order valence-electron chi connectivity index (χ2n) is 4.73. The van der Waals surface area contributed by atoms with Crippen LogP contribution in [0.5, 0.6) is 0 Å². The summed E-state index contributed by atoms with van der Waals surface area (Å²) in [6, 6.07) is 0.410. The van der Waals surface area contributed by atoms with Gasteiger partial charge in [0.2, 0.25) is 0 Å². The molecule has 1 aliphatic rings. The number of hydrogen-bond acceptors (Lipinski definition) is 2. The molecule has 1 unspecified atom stereocenters. The van der Waals surface area contributed by atoms with Gasteiger partial charge >= 0.3 is 0 Å². The van der Waals surface area contributed by atoms with Crippen molar-refractivity contribution in [1.29, 1.82) is 0 Å². The van der Waals surface area contributed by atoms with E-state index >= 15 is 0 Å². The van der Waals surface area contributed by atoms with Crippen LogP contribution in [0.4, 0.5) is 0 Å². The van der Waals surface area contributed by atoms with Crippen LogP contribution >= 0.6 is 0 Å². The van der Waals surface area contributed by atoms with Gasteiger partial charge in [0, 0.05) is 6.04 Å². The lowest BCUT2D eigenvalue weighted by atomic mass is 9.94. The number of rotatable bonds is 4. The SMILES string of the molecule is CC(C)CC(NN)C1=CCCCCC1. The van der Waals surface area contributed by atoms with Crippen molar-refractivity contribution in [2.45, 2.75) is 58.4 Å². The zero-order chi connectivity index (χ0) is 10.4. The Bertz CT molecular complexity index is 185. The van der Waals surface area contributed by atoms with Crippen LogP contribution in [-0.2, 0) is 0 Å². The van der Waals surface area contributed by atoms with Crippen LogP contribution in [0.15, 0.2) is 11.6 Å². The molecule has 1 aliphatic carbocycles. The van der Waals surface area contributed by atoms with Gasteiger partial charge in [0.25, 0.3) is 0 Å². The van der Waals surface area contributed by atoms with E-state index < -0.39 is 0 Å². The summed E-state index contributed by atoms with van der Waals surface area (Å²) in [6.45, 7) is 4.50. The van der Waals surface area contributed by atoms with Gasteiger partial charge in [0.1, 0.15) is 0 Å². The summed E-state index contributed by atoms with van der Waals surface area (Å²) in [6.07, 6.45) is 10.1. The Morgan fingerprint density at radius 2 is 2.14 bits per heavy atom. The van der Waals surface area contributed by atoms with Crippen LogP contribution < -0.4 is 11.3 Å². The Morgan fingerprint density at radius 3 is 2.79 bits per heavy atom. The molecule has 0 heterocycles. The van der Waals surface area contributed by atoms with E-state index in [1.54, 1.807) is 5.57 Å². The van der Waals surface area contributed by atoms with Gasteiger partial charge in [0.15, 0.2) is 0 Å². The third kappa shape index (κ3) is 3.81. The minimum Gasteiger partial charge on any atom is -0.271 e. The molecule has 0 bridgehead atoms. The van der Waals surface area contributed by atoms with Crippen molar-refractivity contribution in [1.82, 2.24) is 5.43 Å². The summed E-state index contributed by atoms with van der Waals surface area (Å²) < 4.78 is 0. The molecule has 0 aromatic rings. The maximum absolute atomic E-state index is 5.61. The fourth-order valence-corrected chi connectivity index (χ4v) is 2.15. The monoisotopic (exact) mass is 196 g/mol. The molecule has 0 aliphatic heterocycles. The van der Waals surface area contributed by atoms with Crippen molar-refractivity contribution in [3.8, 4) is 0 Å². The maximum atomic E-state index is 5.61. The Labute approximate surface area is 87.9 Å². The Balaban J connectivity index is 2.52. The van der Waals surface area contributed by atoms with Gasteiger partial charge in [-0.3, -0.25) is 11.3 Å². The first-order valence-electron chi connectivity index (χ1n) is 5.89. The van der Waals surface area contributed by atoms with E-state index in [0.717, 1.165) is 6.42 Å². The first kappa shape index (κ1) is 11.7. The van der Waals surface area contributed by atoms with Crippen LogP contribution in [0.2, 0.25) is 0 Å². The number of nitrogens with one attached hydrogen (secondary N) is 1. The third-order valence-corrected chi connectivity index (χ3v) is 2.93. The average molecular weight is 196 g/mol. The summed E-state index contributed by atoms with van der Waals surface area (Å²) in [7, 11) is 0. The molecule has 1 rings (SSSR count). The van der Waals surface area contributed by atoms with Crippen LogP contribution in [0.3, 0.4) is 0 Å². The van der Waals surface area contributed by atoms with E-state index in [2.05, 4.69) is 25.3 Å². The summed E-state index contributed by atoms with van der Waals surface area (Å²) >= 11 is 0. The van der Waals surface area contributed by atoms with Crippen LogP contribution in [0, 0.1) is 5.92 Å². The molecule has 0 aromatic heterocycles. The maximum Gasteiger partial charge on any atom is 0.0422 e. The Kier molecular flexibility index (Phi) is 5.20. The second kappa shape index (κ2) is 6.20. The summed E-state index contributed by atoms with van der Waals surface area (Å²) in [5.41, 5.74) is 4.50. The lowest BCUT2D eigenvalue weighted by molar-refractivity contribution is 0.456. The second-order valence-corrected chi connectivity index (χ2v) is 4.73. The van der Waals surface area contributed by atoms with Crippen molar-refractivity contribution in [2.24, 2.45) is 11.8 Å². The average Bonchev–Trinajstić information content (AvgIpc) is 2.41. The van der Waals surface area contributed by atoms with E-state index in [0.29, 0.717) is 12.0 Å². The fourth-order valence-electron chi connectivity index (χ4n) is 2.15. The zero-order valence-electron chi connectivity index (χ0n) is 9.55. The number of allylic oxidation sites excluding steroid dienone is 1. The molecule has 0 saturated carbocycles. The molecule has 2 nitrogen and oxygen atoms in total. The fraction of sp³-hybridized carbons (Fsp3) is 0.833. The van der Waals surface area contributed by atoms with E-state index in [1.807, 2.05) is 0 Å². The highest BCUT2D eigenvalue weighted by molar-refractivity contribution is 5.11. The lowest BCUT2D eigenvalue weighted by Gasteiger charge is -2.21. The molecular formula is C12H24N2. The van der Waals surface area contributed by atoms with Gasteiger partial charge in [-0.05, 0) is 38.0 Å².